The molecule has 0 aromatic heterocycles. The zero-order valence-corrected chi connectivity index (χ0v) is 11.1. The summed E-state index contributed by atoms with van der Waals surface area (Å²) in [6.07, 6.45) is 1.69. The quantitative estimate of drug-likeness (QED) is 0.695. The zero-order valence-electron chi connectivity index (χ0n) is 10.3. The molecule has 0 saturated carbocycles. The van der Waals surface area contributed by atoms with Crippen LogP contribution in [0.1, 0.15) is 30.1 Å². The minimum atomic E-state index is -0.214. The van der Waals surface area contributed by atoms with Gasteiger partial charge in [-0.2, -0.15) is 0 Å². The molecule has 0 aliphatic rings. The van der Waals surface area contributed by atoms with Crippen LogP contribution in [0.2, 0.25) is 5.02 Å². The van der Waals surface area contributed by atoms with Crippen LogP contribution in [0, 0.1) is 5.92 Å². The van der Waals surface area contributed by atoms with Crippen molar-refractivity contribution in [1.29, 1.82) is 0 Å². The van der Waals surface area contributed by atoms with E-state index in [2.05, 4.69) is 5.32 Å². The number of carbonyl (C=O) groups excluding carboxylic acids is 1. The third-order valence-corrected chi connectivity index (χ3v) is 2.98. The van der Waals surface area contributed by atoms with Crippen molar-refractivity contribution < 1.29 is 15.0 Å². The molecule has 0 aliphatic heterocycles. The van der Waals surface area contributed by atoms with Crippen molar-refractivity contribution in [2.45, 2.75) is 19.8 Å². The number of carbonyl (C=O) groups is 1. The van der Waals surface area contributed by atoms with Gasteiger partial charge in [-0.3, -0.25) is 4.79 Å². The highest BCUT2D eigenvalue weighted by atomic mass is 35.5. The van der Waals surface area contributed by atoms with Crippen molar-refractivity contribution in [2.75, 3.05) is 13.2 Å². The Bertz CT molecular complexity index is 409. The molecule has 1 aromatic rings. The largest absolute Gasteiger partial charge is 0.506 e. The molecule has 0 saturated heterocycles. The van der Waals surface area contributed by atoms with Crippen molar-refractivity contribution in [2.24, 2.45) is 5.92 Å². The molecule has 0 bridgehead atoms. The summed E-state index contributed by atoms with van der Waals surface area (Å²) in [5.41, 5.74) is 0.424. The summed E-state index contributed by atoms with van der Waals surface area (Å²) < 4.78 is 0. The van der Waals surface area contributed by atoms with Gasteiger partial charge in [0.2, 0.25) is 0 Å². The van der Waals surface area contributed by atoms with E-state index in [1.807, 2.05) is 6.92 Å². The maximum absolute atomic E-state index is 11.7. The van der Waals surface area contributed by atoms with Crippen molar-refractivity contribution in [3.05, 3.63) is 28.8 Å². The molecule has 0 heterocycles. The predicted molar refractivity (Wildman–Crippen MR) is 70.9 cm³/mol. The SMILES string of the molecule is CC(CO)CCCNC(=O)c1ccc(O)c(Cl)c1. The highest BCUT2D eigenvalue weighted by molar-refractivity contribution is 6.32. The van der Waals surface area contributed by atoms with E-state index < -0.39 is 0 Å². The normalized spacial score (nSPS) is 12.2. The highest BCUT2D eigenvalue weighted by Crippen LogP contribution is 2.23. The van der Waals surface area contributed by atoms with Crippen molar-refractivity contribution >= 4 is 17.5 Å². The van der Waals surface area contributed by atoms with Gasteiger partial charge in [-0.15, -0.1) is 0 Å². The number of halogens is 1. The topological polar surface area (TPSA) is 69.6 Å². The van der Waals surface area contributed by atoms with Crippen LogP contribution in [0.4, 0.5) is 0 Å². The van der Waals surface area contributed by atoms with Crippen molar-refractivity contribution in [3.63, 3.8) is 0 Å². The fraction of sp³-hybridized carbons (Fsp3) is 0.462. The number of benzene rings is 1. The number of phenolic OH excluding ortho intramolecular Hbond substituents is 1. The summed E-state index contributed by atoms with van der Waals surface area (Å²) in [5, 5.41) is 21.0. The first-order valence-electron chi connectivity index (χ1n) is 5.92. The van der Waals surface area contributed by atoms with Gasteiger partial charge in [-0.05, 0) is 37.0 Å². The molecule has 1 aromatic carbocycles. The van der Waals surface area contributed by atoms with E-state index in [1.54, 1.807) is 0 Å². The van der Waals surface area contributed by atoms with Gasteiger partial charge in [0.25, 0.3) is 5.91 Å². The number of nitrogens with one attached hydrogen (secondary N) is 1. The third-order valence-electron chi connectivity index (χ3n) is 2.68. The third kappa shape index (κ3) is 4.55. The fourth-order valence-corrected chi connectivity index (χ4v) is 1.67. The van der Waals surface area contributed by atoms with Gasteiger partial charge in [0.1, 0.15) is 5.75 Å². The van der Waals surface area contributed by atoms with Crippen LogP contribution in [0.25, 0.3) is 0 Å². The molecule has 5 heteroatoms. The lowest BCUT2D eigenvalue weighted by molar-refractivity contribution is 0.0952. The maximum Gasteiger partial charge on any atom is 0.251 e. The molecule has 4 nitrogen and oxygen atoms in total. The average molecular weight is 272 g/mol. The molecule has 3 N–H and O–H groups in total. The summed E-state index contributed by atoms with van der Waals surface area (Å²) in [5.74, 6) is 0.00329. The Kier molecular flexibility index (Phi) is 5.95. The van der Waals surface area contributed by atoms with E-state index in [0.717, 1.165) is 12.8 Å². The second-order valence-corrected chi connectivity index (χ2v) is 4.76. The van der Waals surface area contributed by atoms with E-state index in [1.165, 1.54) is 18.2 Å². The average Bonchev–Trinajstić information content (AvgIpc) is 2.37. The van der Waals surface area contributed by atoms with E-state index in [4.69, 9.17) is 16.7 Å². The summed E-state index contributed by atoms with van der Waals surface area (Å²) >= 11 is 5.72. The molecule has 1 atom stereocenters. The highest BCUT2D eigenvalue weighted by Gasteiger charge is 2.08. The van der Waals surface area contributed by atoms with Gasteiger partial charge in [-0.1, -0.05) is 18.5 Å². The van der Waals surface area contributed by atoms with E-state index in [-0.39, 0.29) is 29.2 Å². The first-order chi connectivity index (χ1) is 8.54. The number of hydrogen-bond donors (Lipinski definition) is 3. The smallest absolute Gasteiger partial charge is 0.251 e. The molecule has 1 rings (SSSR count). The van der Waals surface area contributed by atoms with Crippen LogP contribution in [-0.2, 0) is 0 Å². The summed E-state index contributed by atoms with van der Waals surface area (Å²) in [6.45, 7) is 2.69. The lowest BCUT2D eigenvalue weighted by atomic mass is 10.1. The monoisotopic (exact) mass is 271 g/mol. The Hall–Kier alpha value is -1.26. The maximum atomic E-state index is 11.7. The van der Waals surface area contributed by atoms with Crippen LogP contribution in [-0.4, -0.2) is 29.3 Å². The molecule has 0 radical (unpaired) electrons. The molecular formula is C13H18ClNO3. The van der Waals surface area contributed by atoms with Gasteiger partial charge < -0.3 is 15.5 Å². The van der Waals surface area contributed by atoms with E-state index >= 15 is 0 Å². The van der Waals surface area contributed by atoms with Gasteiger partial charge in [0.15, 0.2) is 0 Å². The van der Waals surface area contributed by atoms with E-state index in [9.17, 15) is 9.90 Å². The van der Waals surface area contributed by atoms with Crippen molar-refractivity contribution in [3.8, 4) is 5.75 Å². The Morgan fingerprint density at radius 3 is 2.83 bits per heavy atom. The van der Waals surface area contributed by atoms with Gasteiger partial charge >= 0.3 is 0 Å². The van der Waals surface area contributed by atoms with Crippen LogP contribution < -0.4 is 5.32 Å². The second-order valence-electron chi connectivity index (χ2n) is 4.35. The molecule has 0 aliphatic carbocycles. The number of rotatable bonds is 6. The van der Waals surface area contributed by atoms with Gasteiger partial charge in [-0.25, -0.2) is 0 Å². The Labute approximate surface area is 112 Å². The minimum absolute atomic E-state index is 0.0370. The number of hydrogen-bond acceptors (Lipinski definition) is 3. The fourth-order valence-electron chi connectivity index (χ4n) is 1.49. The van der Waals surface area contributed by atoms with Crippen LogP contribution in [0.3, 0.4) is 0 Å². The number of phenols is 1. The van der Waals surface area contributed by atoms with E-state index in [0.29, 0.717) is 12.1 Å². The molecule has 18 heavy (non-hydrogen) atoms. The minimum Gasteiger partial charge on any atom is -0.506 e. The summed E-state index contributed by atoms with van der Waals surface area (Å²) in [7, 11) is 0. The standard InChI is InChI=1S/C13H18ClNO3/c1-9(8-16)3-2-6-15-13(18)10-4-5-12(17)11(14)7-10/h4-5,7,9,16-17H,2-3,6,8H2,1H3,(H,15,18). The lowest BCUT2D eigenvalue weighted by Gasteiger charge is -2.08. The zero-order chi connectivity index (χ0) is 13.5. The first kappa shape index (κ1) is 14.8. The number of aromatic hydroxyl groups is 1. The second kappa shape index (κ2) is 7.24. The Balaban J connectivity index is 2.39. The number of aliphatic hydroxyl groups is 1. The van der Waals surface area contributed by atoms with Gasteiger partial charge in [0.05, 0.1) is 5.02 Å². The predicted octanol–water partition coefficient (Wildman–Crippen LogP) is 2.18. The molecular weight excluding hydrogens is 254 g/mol. The molecule has 1 unspecified atom stereocenters. The van der Waals surface area contributed by atoms with Crippen molar-refractivity contribution in [1.82, 2.24) is 5.32 Å². The van der Waals surface area contributed by atoms with Crippen LogP contribution in [0.15, 0.2) is 18.2 Å². The lowest BCUT2D eigenvalue weighted by Crippen LogP contribution is -2.24. The van der Waals surface area contributed by atoms with Crippen LogP contribution >= 0.6 is 11.6 Å². The molecule has 1 amide bonds. The molecule has 0 fully saturated rings. The van der Waals surface area contributed by atoms with Gasteiger partial charge in [0, 0.05) is 18.7 Å². The Morgan fingerprint density at radius 1 is 1.50 bits per heavy atom. The Morgan fingerprint density at radius 2 is 2.22 bits per heavy atom. The number of aliphatic hydroxyl groups excluding tert-OH is 1. The number of amides is 1. The van der Waals surface area contributed by atoms with Crippen LogP contribution in [0.5, 0.6) is 5.75 Å². The summed E-state index contributed by atoms with van der Waals surface area (Å²) in [4.78, 5) is 11.7. The first-order valence-corrected chi connectivity index (χ1v) is 6.30. The summed E-state index contributed by atoms with van der Waals surface area (Å²) in [6, 6.07) is 4.35. The molecule has 100 valence electrons. The molecule has 0 spiro atoms.